The van der Waals surface area contributed by atoms with Crippen LogP contribution in [0, 0.1) is 5.92 Å². The van der Waals surface area contributed by atoms with Crippen molar-refractivity contribution < 1.29 is 23.4 Å². The van der Waals surface area contributed by atoms with E-state index in [1.807, 2.05) is 61.6 Å². The molecule has 0 spiro atoms. The second kappa shape index (κ2) is 15.2. The van der Waals surface area contributed by atoms with Gasteiger partial charge in [0.25, 0.3) is 0 Å². The van der Waals surface area contributed by atoms with E-state index in [4.69, 9.17) is 18.6 Å². The third-order valence-corrected chi connectivity index (χ3v) is 10.8. The average molecular weight is 503 g/mol. The topological polar surface area (TPSA) is 54.0 Å². The van der Waals surface area contributed by atoms with Gasteiger partial charge in [-0.2, -0.15) is 0 Å². The predicted molar refractivity (Wildman–Crippen MR) is 147 cm³/mol. The Morgan fingerprint density at radius 1 is 1.09 bits per heavy atom. The Morgan fingerprint density at radius 2 is 1.74 bits per heavy atom. The van der Waals surface area contributed by atoms with E-state index in [0.717, 1.165) is 17.6 Å². The molecule has 1 aromatic rings. The van der Waals surface area contributed by atoms with Crippen LogP contribution in [-0.4, -0.2) is 40.7 Å². The fourth-order valence-electron chi connectivity index (χ4n) is 3.24. The summed E-state index contributed by atoms with van der Waals surface area (Å²) < 4.78 is 23.7. The van der Waals surface area contributed by atoms with E-state index in [9.17, 15) is 4.79 Å². The van der Waals surface area contributed by atoms with Crippen molar-refractivity contribution in [1.29, 1.82) is 0 Å². The maximum absolute atomic E-state index is 11.2. The number of carbonyl (C=O) groups is 1. The molecule has 0 aliphatic rings. The zero-order valence-corrected chi connectivity index (χ0v) is 24.2. The minimum Gasteiger partial charge on any atom is -0.547 e. The van der Waals surface area contributed by atoms with Gasteiger partial charge in [-0.25, -0.2) is 0 Å². The SMILES string of the molecule is COCO[C@H](/C=C/C=C(/C)O[Si](C)(C)C(C)(C)C)[C@@H](C)C[C@H](/C=C(\C)C=O)OCc1ccccc1. The number of ether oxygens (including phenoxy) is 3. The zero-order chi connectivity index (χ0) is 26.5. The lowest BCUT2D eigenvalue weighted by molar-refractivity contribution is -0.105. The van der Waals surface area contributed by atoms with Crippen LogP contribution < -0.4 is 0 Å². The number of rotatable bonds is 15. The van der Waals surface area contributed by atoms with Gasteiger partial charge in [0.1, 0.15) is 13.1 Å². The summed E-state index contributed by atoms with van der Waals surface area (Å²) in [5.74, 6) is 1.02. The first-order valence-electron chi connectivity index (χ1n) is 12.3. The van der Waals surface area contributed by atoms with E-state index in [1.54, 1.807) is 14.0 Å². The molecule has 0 radical (unpaired) electrons. The Balaban J connectivity index is 2.93. The normalized spacial score (nSPS) is 16.3. The third kappa shape index (κ3) is 12.0. The quantitative estimate of drug-likeness (QED) is 0.0633. The van der Waals surface area contributed by atoms with Crippen LogP contribution in [-0.2, 0) is 30.0 Å². The minimum atomic E-state index is -1.87. The van der Waals surface area contributed by atoms with Crippen LogP contribution >= 0.6 is 0 Å². The number of carbonyl (C=O) groups excluding carboxylic acids is 1. The summed E-state index contributed by atoms with van der Waals surface area (Å²) in [5.41, 5.74) is 1.75. The van der Waals surface area contributed by atoms with Crippen LogP contribution in [0.3, 0.4) is 0 Å². The van der Waals surface area contributed by atoms with Crippen molar-refractivity contribution in [3.8, 4) is 0 Å². The molecule has 3 atom stereocenters. The summed E-state index contributed by atoms with van der Waals surface area (Å²) in [4.78, 5) is 11.2. The highest BCUT2D eigenvalue weighted by atomic mass is 28.4. The molecular weight excluding hydrogens is 456 g/mol. The molecule has 1 aromatic carbocycles. The molecule has 5 nitrogen and oxygen atoms in total. The van der Waals surface area contributed by atoms with E-state index < -0.39 is 8.32 Å². The Kier molecular flexibility index (Phi) is 13.5. The van der Waals surface area contributed by atoms with Gasteiger partial charge in [0.05, 0.1) is 24.6 Å². The first kappa shape index (κ1) is 31.0. The number of aldehydes is 1. The van der Waals surface area contributed by atoms with Crippen molar-refractivity contribution in [2.45, 2.75) is 84.9 Å². The summed E-state index contributed by atoms with van der Waals surface area (Å²) in [7, 11) is -0.256. The average Bonchev–Trinajstić information content (AvgIpc) is 2.79. The van der Waals surface area contributed by atoms with Crippen LogP contribution in [0.15, 0.2) is 66.0 Å². The molecule has 35 heavy (non-hydrogen) atoms. The van der Waals surface area contributed by atoms with Crippen molar-refractivity contribution in [3.05, 3.63) is 71.5 Å². The molecule has 0 aliphatic carbocycles. The van der Waals surface area contributed by atoms with E-state index >= 15 is 0 Å². The number of hydrogen-bond donors (Lipinski definition) is 0. The molecule has 0 aliphatic heterocycles. The lowest BCUT2D eigenvalue weighted by Crippen LogP contribution is -2.40. The Hall–Kier alpha value is -1.99. The molecular formula is C29H46O5Si. The van der Waals surface area contributed by atoms with Gasteiger partial charge in [0, 0.05) is 7.11 Å². The van der Waals surface area contributed by atoms with Crippen molar-refractivity contribution >= 4 is 14.6 Å². The van der Waals surface area contributed by atoms with Gasteiger partial charge in [-0.15, -0.1) is 0 Å². The molecule has 0 saturated heterocycles. The third-order valence-electron chi connectivity index (χ3n) is 6.34. The number of hydrogen-bond acceptors (Lipinski definition) is 5. The summed E-state index contributed by atoms with van der Waals surface area (Å²) in [5, 5.41) is 0.145. The summed E-state index contributed by atoms with van der Waals surface area (Å²) in [6.45, 7) is 17.8. The lowest BCUT2D eigenvalue weighted by Gasteiger charge is -2.36. The molecule has 0 N–H and O–H groups in total. The molecule has 0 heterocycles. The number of benzene rings is 1. The van der Waals surface area contributed by atoms with Gasteiger partial charge in [0.15, 0.2) is 0 Å². The molecule has 1 rings (SSSR count). The maximum Gasteiger partial charge on any atom is 0.250 e. The van der Waals surface area contributed by atoms with E-state index in [-0.39, 0.29) is 30.0 Å². The highest BCUT2D eigenvalue weighted by molar-refractivity contribution is 6.74. The summed E-state index contributed by atoms with van der Waals surface area (Å²) in [6.07, 6.45) is 9.07. The molecule has 6 heteroatoms. The first-order valence-corrected chi connectivity index (χ1v) is 15.2. The van der Waals surface area contributed by atoms with E-state index in [2.05, 4.69) is 40.8 Å². The predicted octanol–water partition coefficient (Wildman–Crippen LogP) is 7.21. The highest BCUT2D eigenvalue weighted by Crippen LogP contribution is 2.37. The van der Waals surface area contributed by atoms with Gasteiger partial charge < -0.3 is 18.6 Å². The second-order valence-electron chi connectivity index (χ2n) is 10.6. The standard InChI is InChI=1S/C29H46O5Si/c1-23(20-30)18-27(32-21-26-15-11-10-12-16-26)19-24(2)28(33-22-31-7)17-13-14-25(3)34-35(8,9)29(4,5)6/h10-18,20,24,27-28H,19,21-22H2,1-9H3/b17-13+,23-18+,25-14-/t24-,27-,28+/m0/s1. The van der Waals surface area contributed by atoms with Crippen LogP contribution in [0.4, 0.5) is 0 Å². The fourth-order valence-corrected chi connectivity index (χ4v) is 4.42. The molecule has 0 fully saturated rings. The van der Waals surface area contributed by atoms with Crippen LogP contribution in [0.2, 0.25) is 18.1 Å². The fraction of sp³-hybridized carbons (Fsp3) is 0.552. The van der Waals surface area contributed by atoms with Gasteiger partial charge in [-0.05, 0) is 67.6 Å². The Bertz CT molecular complexity index is 836. The monoisotopic (exact) mass is 502 g/mol. The Labute approximate surface area is 214 Å². The summed E-state index contributed by atoms with van der Waals surface area (Å²) in [6, 6.07) is 10.0. The van der Waals surface area contributed by atoms with Gasteiger partial charge >= 0.3 is 0 Å². The van der Waals surface area contributed by atoms with Gasteiger partial charge in [0.2, 0.25) is 8.32 Å². The molecule has 0 amide bonds. The maximum atomic E-state index is 11.2. The summed E-state index contributed by atoms with van der Waals surface area (Å²) >= 11 is 0. The van der Waals surface area contributed by atoms with Crippen molar-refractivity contribution in [2.24, 2.45) is 5.92 Å². The van der Waals surface area contributed by atoms with Gasteiger partial charge in [-0.3, -0.25) is 4.79 Å². The second-order valence-corrected chi connectivity index (χ2v) is 15.4. The Morgan fingerprint density at radius 3 is 2.31 bits per heavy atom. The van der Waals surface area contributed by atoms with E-state index in [1.165, 1.54) is 0 Å². The molecule has 196 valence electrons. The molecule has 0 unspecified atom stereocenters. The smallest absolute Gasteiger partial charge is 0.250 e. The zero-order valence-electron chi connectivity index (χ0n) is 23.2. The largest absolute Gasteiger partial charge is 0.547 e. The van der Waals surface area contributed by atoms with E-state index in [0.29, 0.717) is 18.6 Å². The highest BCUT2D eigenvalue weighted by Gasteiger charge is 2.38. The van der Waals surface area contributed by atoms with Gasteiger partial charge in [-0.1, -0.05) is 70.2 Å². The molecule has 0 bridgehead atoms. The molecule has 0 saturated carbocycles. The minimum absolute atomic E-state index is 0.118. The van der Waals surface area contributed by atoms with Crippen LogP contribution in [0.25, 0.3) is 0 Å². The lowest BCUT2D eigenvalue weighted by atomic mass is 9.95. The van der Waals surface area contributed by atoms with Crippen molar-refractivity contribution in [3.63, 3.8) is 0 Å². The van der Waals surface area contributed by atoms with Crippen LogP contribution in [0.1, 0.15) is 53.5 Å². The first-order chi connectivity index (χ1) is 16.4. The van der Waals surface area contributed by atoms with Crippen molar-refractivity contribution in [2.75, 3.05) is 13.9 Å². The number of methoxy groups -OCH3 is 1. The molecule has 0 aromatic heterocycles. The van der Waals surface area contributed by atoms with Crippen LogP contribution in [0.5, 0.6) is 0 Å². The number of allylic oxidation sites excluding steroid dienone is 4. The van der Waals surface area contributed by atoms with Crippen molar-refractivity contribution in [1.82, 2.24) is 0 Å².